The van der Waals surface area contributed by atoms with Crippen molar-refractivity contribution in [2.24, 2.45) is 0 Å². The van der Waals surface area contributed by atoms with Crippen molar-refractivity contribution in [1.29, 1.82) is 0 Å². The van der Waals surface area contributed by atoms with E-state index < -0.39 is 0 Å². The summed E-state index contributed by atoms with van der Waals surface area (Å²) in [5.41, 5.74) is 1.21. The summed E-state index contributed by atoms with van der Waals surface area (Å²) in [6.45, 7) is 7.70. The fourth-order valence-corrected chi connectivity index (χ4v) is 2.79. The normalized spacial score (nSPS) is 14.1. The fraction of sp³-hybridized carbons (Fsp3) is 0.556. The minimum atomic E-state index is -0.0379. The first kappa shape index (κ1) is 19.1. The zero-order valence-corrected chi connectivity index (χ0v) is 15.2. The van der Waals surface area contributed by atoms with Gasteiger partial charge in [0.25, 0.3) is 5.91 Å². The highest BCUT2D eigenvalue weighted by atomic mass is 16.5. The van der Waals surface area contributed by atoms with E-state index in [4.69, 9.17) is 9.47 Å². The third-order valence-electron chi connectivity index (χ3n) is 4.29. The van der Waals surface area contributed by atoms with Crippen LogP contribution in [0.1, 0.15) is 24.2 Å². The Kier molecular flexibility index (Phi) is 7.06. The highest BCUT2D eigenvalue weighted by Gasteiger charge is 2.20. The van der Waals surface area contributed by atoms with Gasteiger partial charge < -0.3 is 24.6 Å². The van der Waals surface area contributed by atoms with Crippen molar-refractivity contribution in [3.8, 4) is 5.75 Å². The number of hydrogen-bond donors (Lipinski definition) is 1. The summed E-state index contributed by atoms with van der Waals surface area (Å²) in [4.78, 5) is 28.3. The largest absolute Gasteiger partial charge is 0.495 e. The van der Waals surface area contributed by atoms with E-state index in [0.717, 1.165) is 0 Å². The van der Waals surface area contributed by atoms with Crippen molar-refractivity contribution in [2.75, 3.05) is 58.4 Å². The SMILES string of the molecule is CCN(CC)C(=O)CNc1cc(C(=O)N2CCOCC2)ccc1OC. The second-order valence-corrected chi connectivity index (χ2v) is 5.74. The van der Waals surface area contributed by atoms with Crippen molar-refractivity contribution in [1.82, 2.24) is 9.80 Å². The summed E-state index contributed by atoms with van der Waals surface area (Å²) in [6.07, 6.45) is 0. The highest BCUT2D eigenvalue weighted by Crippen LogP contribution is 2.26. The van der Waals surface area contributed by atoms with Gasteiger partial charge in [0.15, 0.2) is 0 Å². The Hall–Kier alpha value is -2.28. The number of carbonyl (C=O) groups excluding carboxylic acids is 2. The Balaban J connectivity index is 2.10. The molecule has 0 radical (unpaired) electrons. The van der Waals surface area contributed by atoms with E-state index in [1.54, 1.807) is 35.1 Å². The molecule has 7 heteroatoms. The van der Waals surface area contributed by atoms with E-state index in [0.29, 0.717) is 56.4 Å². The van der Waals surface area contributed by atoms with Crippen LogP contribution in [0.5, 0.6) is 5.75 Å². The molecular weight excluding hydrogens is 322 g/mol. The molecule has 138 valence electrons. The van der Waals surface area contributed by atoms with Crippen LogP contribution in [0, 0.1) is 0 Å². The van der Waals surface area contributed by atoms with Crippen LogP contribution in [0.15, 0.2) is 18.2 Å². The lowest BCUT2D eigenvalue weighted by Crippen LogP contribution is -2.40. The molecule has 2 amide bonds. The second kappa shape index (κ2) is 9.27. The zero-order chi connectivity index (χ0) is 18.2. The average Bonchev–Trinajstić information content (AvgIpc) is 2.67. The maximum absolute atomic E-state index is 12.6. The first-order valence-corrected chi connectivity index (χ1v) is 8.67. The Bertz CT molecular complexity index is 596. The van der Waals surface area contributed by atoms with Gasteiger partial charge in [-0.1, -0.05) is 0 Å². The number of carbonyl (C=O) groups is 2. The monoisotopic (exact) mass is 349 g/mol. The number of benzene rings is 1. The Morgan fingerprint density at radius 1 is 1.24 bits per heavy atom. The van der Waals surface area contributed by atoms with Gasteiger partial charge in [-0.3, -0.25) is 9.59 Å². The standard InChI is InChI=1S/C18H27N3O4/c1-4-20(5-2)17(22)13-19-15-12-14(6-7-16(15)24-3)18(23)21-8-10-25-11-9-21/h6-7,12,19H,4-5,8-11,13H2,1-3H3. The molecule has 0 atom stereocenters. The molecule has 1 saturated heterocycles. The molecule has 0 spiro atoms. The third-order valence-corrected chi connectivity index (χ3v) is 4.29. The molecule has 1 aliphatic rings. The molecule has 1 fully saturated rings. The van der Waals surface area contributed by atoms with Gasteiger partial charge in [0.2, 0.25) is 5.91 Å². The van der Waals surface area contributed by atoms with Gasteiger partial charge in [0.05, 0.1) is 32.6 Å². The van der Waals surface area contributed by atoms with E-state index >= 15 is 0 Å². The van der Waals surface area contributed by atoms with E-state index in [1.807, 2.05) is 13.8 Å². The summed E-state index contributed by atoms with van der Waals surface area (Å²) in [7, 11) is 1.57. The molecule has 0 saturated carbocycles. The number of ether oxygens (including phenoxy) is 2. The number of morpholine rings is 1. The van der Waals surface area contributed by atoms with Gasteiger partial charge in [0.1, 0.15) is 5.75 Å². The number of likely N-dealkylation sites (N-methyl/N-ethyl adjacent to an activating group) is 1. The van der Waals surface area contributed by atoms with E-state index in [9.17, 15) is 9.59 Å². The molecule has 0 aromatic heterocycles. The molecule has 1 N–H and O–H groups in total. The van der Waals surface area contributed by atoms with Crippen LogP contribution in [-0.4, -0.2) is 74.7 Å². The van der Waals surface area contributed by atoms with Crippen LogP contribution in [-0.2, 0) is 9.53 Å². The topological polar surface area (TPSA) is 71.1 Å². The van der Waals surface area contributed by atoms with Crippen molar-refractivity contribution >= 4 is 17.5 Å². The Labute approximate surface area is 148 Å². The minimum absolute atomic E-state index is 0.0111. The van der Waals surface area contributed by atoms with Crippen LogP contribution < -0.4 is 10.1 Å². The van der Waals surface area contributed by atoms with Crippen molar-refractivity contribution in [3.05, 3.63) is 23.8 Å². The first-order valence-electron chi connectivity index (χ1n) is 8.67. The number of anilines is 1. The van der Waals surface area contributed by atoms with Crippen LogP contribution in [0.3, 0.4) is 0 Å². The quantitative estimate of drug-likeness (QED) is 0.807. The minimum Gasteiger partial charge on any atom is -0.495 e. The van der Waals surface area contributed by atoms with Gasteiger partial charge in [-0.05, 0) is 32.0 Å². The number of amides is 2. The number of hydrogen-bond acceptors (Lipinski definition) is 5. The van der Waals surface area contributed by atoms with Crippen LogP contribution in [0.4, 0.5) is 5.69 Å². The van der Waals surface area contributed by atoms with E-state index in [1.165, 1.54) is 0 Å². The lowest BCUT2D eigenvalue weighted by molar-refractivity contribution is -0.128. The fourth-order valence-electron chi connectivity index (χ4n) is 2.79. The molecule has 25 heavy (non-hydrogen) atoms. The molecule has 1 aromatic rings. The van der Waals surface area contributed by atoms with Crippen LogP contribution in [0.25, 0.3) is 0 Å². The molecule has 1 heterocycles. The summed E-state index contributed by atoms with van der Waals surface area (Å²) in [6, 6.07) is 5.23. The van der Waals surface area contributed by atoms with E-state index in [-0.39, 0.29) is 18.4 Å². The molecule has 1 aromatic carbocycles. The molecule has 1 aliphatic heterocycles. The molecule has 2 rings (SSSR count). The molecule has 0 aliphatic carbocycles. The van der Waals surface area contributed by atoms with Gasteiger partial charge in [0, 0.05) is 31.7 Å². The maximum Gasteiger partial charge on any atom is 0.254 e. The van der Waals surface area contributed by atoms with Gasteiger partial charge >= 0.3 is 0 Å². The number of rotatable bonds is 7. The van der Waals surface area contributed by atoms with Crippen LogP contribution >= 0.6 is 0 Å². The molecular formula is C18H27N3O4. The smallest absolute Gasteiger partial charge is 0.254 e. The Morgan fingerprint density at radius 2 is 1.92 bits per heavy atom. The third kappa shape index (κ3) is 4.85. The average molecular weight is 349 g/mol. The first-order chi connectivity index (χ1) is 12.1. The highest BCUT2D eigenvalue weighted by molar-refractivity contribution is 5.96. The van der Waals surface area contributed by atoms with Gasteiger partial charge in [-0.25, -0.2) is 0 Å². The second-order valence-electron chi connectivity index (χ2n) is 5.74. The lowest BCUT2D eigenvalue weighted by Gasteiger charge is -2.27. The molecule has 7 nitrogen and oxygen atoms in total. The predicted molar refractivity (Wildman–Crippen MR) is 96.1 cm³/mol. The number of methoxy groups -OCH3 is 1. The summed E-state index contributed by atoms with van der Waals surface area (Å²) >= 11 is 0. The van der Waals surface area contributed by atoms with Crippen LogP contribution in [0.2, 0.25) is 0 Å². The van der Waals surface area contributed by atoms with Gasteiger partial charge in [-0.2, -0.15) is 0 Å². The van der Waals surface area contributed by atoms with Crippen molar-refractivity contribution in [2.45, 2.75) is 13.8 Å². The summed E-state index contributed by atoms with van der Waals surface area (Å²) in [5, 5.41) is 3.10. The summed E-state index contributed by atoms with van der Waals surface area (Å²) in [5.74, 6) is 0.576. The number of nitrogens with one attached hydrogen (secondary N) is 1. The number of nitrogens with zero attached hydrogens (tertiary/aromatic N) is 2. The maximum atomic E-state index is 12.6. The Morgan fingerprint density at radius 3 is 2.52 bits per heavy atom. The lowest BCUT2D eigenvalue weighted by atomic mass is 10.1. The van der Waals surface area contributed by atoms with Gasteiger partial charge in [-0.15, -0.1) is 0 Å². The molecule has 0 bridgehead atoms. The van der Waals surface area contributed by atoms with Crippen molar-refractivity contribution < 1.29 is 19.1 Å². The molecule has 0 unspecified atom stereocenters. The predicted octanol–water partition coefficient (Wildman–Crippen LogP) is 1.45. The van der Waals surface area contributed by atoms with E-state index in [2.05, 4.69) is 5.32 Å². The summed E-state index contributed by atoms with van der Waals surface area (Å²) < 4.78 is 10.6. The zero-order valence-electron chi connectivity index (χ0n) is 15.2. The van der Waals surface area contributed by atoms with Crippen molar-refractivity contribution in [3.63, 3.8) is 0 Å².